The summed E-state index contributed by atoms with van der Waals surface area (Å²) in [5.74, 6) is 0.553. The van der Waals surface area contributed by atoms with Crippen LogP contribution in [0.4, 0.5) is 5.69 Å². The van der Waals surface area contributed by atoms with Crippen LogP contribution in [0, 0.1) is 10.1 Å². The molecule has 2 aromatic carbocycles. The highest BCUT2D eigenvalue weighted by Crippen LogP contribution is 2.37. The third kappa shape index (κ3) is 5.08. The number of hydrogen-bond acceptors (Lipinski definition) is 3. The summed E-state index contributed by atoms with van der Waals surface area (Å²) in [5, 5.41) is 11.8. The van der Waals surface area contributed by atoms with Crippen LogP contribution < -0.4 is 4.74 Å². The molecule has 0 N–H and O–H groups in total. The molecular weight excluding hydrogens is 473 g/mol. The second-order valence-electron chi connectivity index (χ2n) is 4.65. The number of nitrogens with zero attached hydrogens (tertiary/aromatic N) is 1. The van der Waals surface area contributed by atoms with E-state index in [0.717, 1.165) is 5.56 Å². The predicted octanol–water partition coefficient (Wildman–Crippen LogP) is 6.18. The van der Waals surface area contributed by atoms with E-state index in [0.29, 0.717) is 22.4 Å². The molecule has 0 aliphatic carbocycles. The van der Waals surface area contributed by atoms with Crippen molar-refractivity contribution in [1.29, 1.82) is 0 Å². The molecule has 0 aliphatic rings. The van der Waals surface area contributed by atoms with E-state index < -0.39 is 4.92 Å². The Balaban J connectivity index is 1.99. The van der Waals surface area contributed by atoms with Crippen molar-refractivity contribution in [2.75, 3.05) is 6.61 Å². The summed E-state index contributed by atoms with van der Waals surface area (Å²) >= 11 is 19.3. The molecular formula is C15H11Br2Cl2NO3. The molecule has 0 aliphatic heterocycles. The van der Waals surface area contributed by atoms with Gasteiger partial charge in [-0.15, -0.1) is 0 Å². The molecule has 4 nitrogen and oxygen atoms in total. The average Bonchev–Trinajstić information content (AvgIpc) is 2.54. The van der Waals surface area contributed by atoms with Gasteiger partial charge in [0.2, 0.25) is 0 Å². The fourth-order valence-corrected chi connectivity index (χ4v) is 3.34. The van der Waals surface area contributed by atoms with Crippen molar-refractivity contribution in [2.24, 2.45) is 0 Å². The number of non-ortho nitro benzene ring substituents is 1. The Bertz CT molecular complexity index is 698. The summed E-state index contributed by atoms with van der Waals surface area (Å²) in [4.78, 5) is 9.98. The molecule has 0 heterocycles. The molecule has 23 heavy (non-hydrogen) atoms. The Morgan fingerprint density at radius 2 is 1.78 bits per heavy atom. The van der Waals surface area contributed by atoms with E-state index in [1.165, 1.54) is 12.1 Å². The first-order valence-electron chi connectivity index (χ1n) is 6.49. The van der Waals surface area contributed by atoms with Gasteiger partial charge in [0.05, 0.1) is 14.6 Å². The van der Waals surface area contributed by atoms with Crippen molar-refractivity contribution < 1.29 is 9.66 Å². The van der Waals surface area contributed by atoms with Crippen molar-refractivity contribution >= 4 is 60.7 Å². The molecule has 0 unspecified atom stereocenters. The zero-order valence-corrected chi connectivity index (χ0v) is 16.3. The molecule has 8 heteroatoms. The minimum absolute atomic E-state index is 0.0248. The van der Waals surface area contributed by atoms with Crippen molar-refractivity contribution in [3.05, 3.63) is 68.2 Å². The smallest absolute Gasteiger partial charge is 0.269 e. The standard InChI is InChI=1S/C15H11Br2Cl2NO3/c16-13(15(17)12-7-9(18)1-6-14(12)19)8-23-11-4-2-10(3-5-11)20(21)22/h1-7,13,15H,8H2/t13-,15+/m0/s1. The summed E-state index contributed by atoms with van der Waals surface area (Å²) in [6.45, 7) is 0.344. The van der Waals surface area contributed by atoms with Gasteiger partial charge in [-0.2, -0.15) is 0 Å². The van der Waals surface area contributed by atoms with E-state index in [2.05, 4.69) is 31.9 Å². The fourth-order valence-electron chi connectivity index (χ4n) is 1.85. The van der Waals surface area contributed by atoms with Gasteiger partial charge >= 0.3 is 0 Å². The average molecular weight is 484 g/mol. The van der Waals surface area contributed by atoms with Gasteiger partial charge in [-0.05, 0) is 35.9 Å². The number of benzene rings is 2. The molecule has 0 saturated carbocycles. The Morgan fingerprint density at radius 1 is 1.13 bits per heavy atom. The van der Waals surface area contributed by atoms with Crippen molar-refractivity contribution in [1.82, 2.24) is 0 Å². The second-order valence-corrected chi connectivity index (χ2v) is 7.65. The highest BCUT2D eigenvalue weighted by Gasteiger charge is 2.21. The highest BCUT2D eigenvalue weighted by molar-refractivity contribution is 9.12. The van der Waals surface area contributed by atoms with Gasteiger partial charge < -0.3 is 4.74 Å². The zero-order valence-electron chi connectivity index (χ0n) is 11.6. The number of nitro benzene ring substituents is 1. The van der Waals surface area contributed by atoms with Gasteiger partial charge in [0.1, 0.15) is 12.4 Å². The predicted molar refractivity (Wildman–Crippen MR) is 99.4 cm³/mol. The number of rotatable bonds is 6. The molecule has 0 spiro atoms. The third-order valence-electron chi connectivity index (χ3n) is 3.03. The summed E-state index contributed by atoms with van der Waals surface area (Å²) < 4.78 is 5.64. The third-order valence-corrected chi connectivity index (χ3v) is 6.24. The van der Waals surface area contributed by atoms with Gasteiger partial charge in [-0.1, -0.05) is 55.1 Å². The summed E-state index contributed by atoms with van der Waals surface area (Å²) in [5.41, 5.74) is 0.880. The van der Waals surface area contributed by atoms with Crippen molar-refractivity contribution in [2.45, 2.75) is 9.65 Å². The van der Waals surface area contributed by atoms with Crippen molar-refractivity contribution in [3.63, 3.8) is 0 Å². The number of ether oxygens (including phenoxy) is 1. The van der Waals surface area contributed by atoms with Crippen LogP contribution in [0.5, 0.6) is 5.75 Å². The van der Waals surface area contributed by atoms with Crippen LogP contribution in [0.1, 0.15) is 10.4 Å². The van der Waals surface area contributed by atoms with Crippen LogP contribution >= 0.6 is 55.1 Å². The Hall–Kier alpha value is -0.820. The van der Waals surface area contributed by atoms with Gasteiger partial charge in [0.25, 0.3) is 5.69 Å². The van der Waals surface area contributed by atoms with Gasteiger partial charge in [0, 0.05) is 22.2 Å². The van der Waals surface area contributed by atoms with Crippen LogP contribution in [0.2, 0.25) is 10.0 Å². The Morgan fingerprint density at radius 3 is 2.39 bits per heavy atom. The highest BCUT2D eigenvalue weighted by atomic mass is 79.9. The normalized spacial score (nSPS) is 13.4. The van der Waals surface area contributed by atoms with Crippen LogP contribution in [-0.2, 0) is 0 Å². The van der Waals surface area contributed by atoms with E-state index in [-0.39, 0.29) is 15.3 Å². The SMILES string of the molecule is O=[N+]([O-])c1ccc(OC[C@H](Br)[C@H](Br)c2cc(Cl)ccc2Cl)cc1. The Kier molecular flexibility index (Phi) is 6.71. The molecule has 0 saturated heterocycles. The maximum absolute atomic E-state index is 10.6. The molecule has 122 valence electrons. The quantitative estimate of drug-likeness (QED) is 0.280. The first-order valence-corrected chi connectivity index (χ1v) is 9.07. The lowest BCUT2D eigenvalue weighted by Crippen LogP contribution is -2.16. The number of nitro groups is 1. The molecule has 0 aromatic heterocycles. The van der Waals surface area contributed by atoms with Crippen LogP contribution in [-0.4, -0.2) is 16.4 Å². The van der Waals surface area contributed by atoms with Crippen molar-refractivity contribution in [3.8, 4) is 5.75 Å². The van der Waals surface area contributed by atoms with Gasteiger partial charge in [-0.25, -0.2) is 0 Å². The molecule has 0 bridgehead atoms. The molecule has 2 aromatic rings. The summed E-state index contributed by atoms with van der Waals surface area (Å²) in [7, 11) is 0. The first kappa shape index (κ1) is 18.5. The maximum atomic E-state index is 10.6. The van der Waals surface area contributed by atoms with E-state index in [4.69, 9.17) is 27.9 Å². The van der Waals surface area contributed by atoms with Crippen LogP contribution in [0.3, 0.4) is 0 Å². The van der Waals surface area contributed by atoms with Gasteiger partial charge in [0.15, 0.2) is 0 Å². The summed E-state index contributed by atoms with van der Waals surface area (Å²) in [6.07, 6.45) is 0. The molecule has 2 rings (SSSR count). The van der Waals surface area contributed by atoms with Gasteiger partial charge in [-0.3, -0.25) is 10.1 Å². The number of alkyl halides is 2. The number of halogens is 4. The topological polar surface area (TPSA) is 52.4 Å². The zero-order chi connectivity index (χ0) is 17.0. The maximum Gasteiger partial charge on any atom is 0.269 e. The first-order chi connectivity index (χ1) is 10.9. The molecule has 0 amide bonds. The minimum atomic E-state index is -0.452. The van der Waals surface area contributed by atoms with E-state index >= 15 is 0 Å². The fraction of sp³-hybridized carbons (Fsp3) is 0.200. The molecule has 0 fully saturated rings. The molecule has 2 atom stereocenters. The Labute approximate surface area is 160 Å². The lowest BCUT2D eigenvalue weighted by molar-refractivity contribution is -0.384. The van der Waals surface area contributed by atoms with E-state index in [9.17, 15) is 10.1 Å². The van der Waals surface area contributed by atoms with E-state index in [1.807, 2.05) is 0 Å². The van der Waals surface area contributed by atoms with E-state index in [1.54, 1.807) is 30.3 Å². The number of hydrogen-bond donors (Lipinski definition) is 0. The minimum Gasteiger partial charge on any atom is -0.492 e. The lowest BCUT2D eigenvalue weighted by Gasteiger charge is -2.19. The van der Waals surface area contributed by atoms with Crippen LogP contribution in [0.25, 0.3) is 0 Å². The largest absolute Gasteiger partial charge is 0.492 e. The second kappa shape index (κ2) is 8.33. The van der Waals surface area contributed by atoms with Crippen LogP contribution in [0.15, 0.2) is 42.5 Å². The molecule has 0 radical (unpaired) electrons. The summed E-state index contributed by atoms with van der Waals surface area (Å²) in [6, 6.07) is 11.2. The lowest BCUT2D eigenvalue weighted by atomic mass is 10.1. The monoisotopic (exact) mass is 481 g/mol.